The number of hydrogen-bond acceptors (Lipinski definition) is 4. The third kappa shape index (κ3) is 3.13. The molecule has 2 rings (SSSR count). The van der Waals surface area contributed by atoms with Gasteiger partial charge in [-0.1, -0.05) is 12.2 Å². The lowest BCUT2D eigenvalue weighted by Gasteiger charge is -2.36. The minimum atomic E-state index is -0.922. The quantitative estimate of drug-likeness (QED) is 0.697. The number of hydrogen-bond donors (Lipinski definition) is 2. The lowest BCUT2D eigenvalue weighted by atomic mass is 9.82. The minimum Gasteiger partial charge on any atom is -0.481 e. The van der Waals surface area contributed by atoms with Gasteiger partial charge in [-0.15, -0.1) is 0 Å². The second kappa shape index (κ2) is 6.16. The average molecular weight is 269 g/mol. The fraction of sp³-hybridized carbons (Fsp3) is 0.692. The molecule has 1 aliphatic heterocycles. The first-order valence-electron chi connectivity index (χ1n) is 6.52. The molecule has 1 fully saturated rings. The summed E-state index contributed by atoms with van der Waals surface area (Å²) < 4.78 is 5.29. The summed E-state index contributed by atoms with van der Waals surface area (Å²) in [5.74, 6) is -2.21. The average Bonchev–Trinajstić information content (AvgIpc) is 2.46. The van der Waals surface area contributed by atoms with E-state index in [1.807, 2.05) is 12.2 Å². The zero-order valence-corrected chi connectivity index (χ0v) is 10.7. The van der Waals surface area contributed by atoms with E-state index >= 15 is 0 Å². The third-order valence-corrected chi connectivity index (χ3v) is 3.72. The molecule has 1 amide bonds. The number of morpholine rings is 1. The van der Waals surface area contributed by atoms with E-state index in [1.165, 1.54) is 0 Å². The van der Waals surface area contributed by atoms with E-state index in [0.717, 1.165) is 0 Å². The topological polar surface area (TPSA) is 87.1 Å². The van der Waals surface area contributed by atoms with E-state index in [9.17, 15) is 14.7 Å². The fourth-order valence-corrected chi connectivity index (χ4v) is 2.62. The Bertz CT molecular complexity index is 381. The molecule has 2 N–H and O–H groups in total. The number of aliphatic hydroxyl groups is 1. The van der Waals surface area contributed by atoms with Crippen LogP contribution in [0.5, 0.6) is 0 Å². The Labute approximate surface area is 111 Å². The van der Waals surface area contributed by atoms with Gasteiger partial charge in [-0.2, -0.15) is 0 Å². The lowest BCUT2D eigenvalue weighted by molar-refractivity contribution is -0.154. The van der Waals surface area contributed by atoms with Crippen LogP contribution in [0.15, 0.2) is 12.2 Å². The van der Waals surface area contributed by atoms with Crippen molar-refractivity contribution in [2.45, 2.75) is 18.9 Å². The van der Waals surface area contributed by atoms with Crippen LogP contribution in [0.2, 0.25) is 0 Å². The molecule has 6 heteroatoms. The van der Waals surface area contributed by atoms with Crippen LogP contribution in [0.4, 0.5) is 0 Å². The molecule has 0 bridgehead atoms. The van der Waals surface area contributed by atoms with Crippen LogP contribution >= 0.6 is 0 Å². The number of carbonyl (C=O) groups is 2. The minimum absolute atomic E-state index is 0.128. The van der Waals surface area contributed by atoms with Gasteiger partial charge in [0.25, 0.3) is 0 Å². The number of rotatable bonds is 3. The summed E-state index contributed by atoms with van der Waals surface area (Å²) in [4.78, 5) is 25.2. The van der Waals surface area contributed by atoms with Crippen molar-refractivity contribution >= 4 is 11.9 Å². The Morgan fingerprint density at radius 3 is 2.58 bits per heavy atom. The van der Waals surface area contributed by atoms with Gasteiger partial charge >= 0.3 is 5.97 Å². The molecule has 0 radical (unpaired) electrons. The van der Waals surface area contributed by atoms with Crippen LogP contribution in [0.25, 0.3) is 0 Å². The van der Waals surface area contributed by atoms with Crippen molar-refractivity contribution in [3.8, 4) is 0 Å². The van der Waals surface area contributed by atoms with Gasteiger partial charge in [0.05, 0.1) is 31.2 Å². The maximum atomic E-state index is 12.4. The van der Waals surface area contributed by atoms with Gasteiger partial charge in [-0.25, -0.2) is 0 Å². The Balaban J connectivity index is 2.05. The van der Waals surface area contributed by atoms with Gasteiger partial charge in [-0.3, -0.25) is 9.59 Å². The summed E-state index contributed by atoms with van der Waals surface area (Å²) in [6.45, 7) is 1.05. The van der Waals surface area contributed by atoms with Crippen LogP contribution in [0.1, 0.15) is 12.8 Å². The van der Waals surface area contributed by atoms with Crippen LogP contribution in [-0.2, 0) is 14.3 Å². The molecular formula is C13H19NO5. The molecular weight excluding hydrogens is 250 g/mol. The highest BCUT2D eigenvalue weighted by Gasteiger charge is 2.37. The highest BCUT2D eigenvalue weighted by atomic mass is 16.5. The zero-order valence-electron chi connectivity index (χ0n) is 10.7. The van der Waals surface area contributed by atoms with Crippen molar-refractivity contribution in [2.24, 2.45) is 11.8 Å². The molecule has 1 heterocycles. The van der Waals surface area contributed by atoms with Gasteiger partial charge < -0.3 is 19.8 Å². The molecule has 6 nitrogen and oxygen atoms in total. The van der Waals surface area contributed by atoms with E-state index < -0.39 is 17.8 Å². The molecule has 0 aromatic heterocycles. The summed E-state index contributed by atoms with van der Waals surface area (Å²) in [6, 6.07) is 0. The standard InChI is InChI=1S/C13H19NO5/c15-8-9-7-14(5-6-19-9)12(16)10-3-1-2-4-11(10)13(17)18/h1-2,9-11,15H,3-8H2,(H,17,18). The van der Waals surface area contributed by atoms with Gasteiger partial charge in [0.2, 0.25) is 5.91 Å². The van der Waals surface area contributed by atoms with Crippen molar-refractivity contribution in [2.75, 3.05) is 26.3 Å². The second-order valence-electron chi connectivity index (χ2n) is 4.95. The molecule has 0 saturated carbocycles. The number of amides is 1. The first kappa shape index (κ1) is 14.0. The normalized spacial score (nSPS) is 31.2. The summed E-state index contributed by atoms with van der Waals surface area (Å²) in [7, 11) is 0. The Hall–Kier alpha value is -1.40. The molecule has 0 aromatic carbocycles. The molecule has 19 heavy (non-hydrogen) atoms. The summed E-state index contributed by atoms with van der Waals surface area (Å²) in [5.41, 5.74) is 0. The van der Waals surface area contributed by atoms with E-state index in [-0.39, 0.29) is 18.6 Å². The predicted molar refractivity (Wildman–Crippen MR) is 66.4 cm³/mol. The first-order chi connectivity index (χ1) is 9.13. The van der Waals surface area contributed by atoms with Gasteiger partial charge in [0.15, 0.2) is 0 Å². The molecule has 1 aliphatic carbocycles. The number of carboxylic acids is 1. The zero-order chi connectivity index (χ0) is 13.8. The monoisotopic (exact) mass is 269 g/mol. The Morgan fingerprint density at radius 1 is 1.26 bits per heavy atom. The molecule has 0 aromatic rings. The van der Waals surface area contributed by atoms with Crippen molar-refractivity contribution in [1.82, 2.24) is 4.90 Å². The number of allylic oxidation sites excluding steroid dienone is 2. The SMILES string of the molecule is O=C(O)C1CC=CCC1C(=O)N1CCOC(CO)C1. The first-order valence-corrected chi connectivity index (χ1v) is 6.52. The summed E-state index contributed by atoms with van der Waals surface area (Å²) in [5, 5.41) is 18.3. The molecule has 1 saturated heterocycles. The maximum absolute atomic E-state index is 12.4. The van der Waals surface area contributed by atoms with E-state index in [4.69, 9.17) is 9.84 Å². The second-order valence-corrected chi connectivity index (χ2v) is 4.95. The number of ether oxygens (including phenoxy) is 1. The van der Waals surface area contributed by atoms with Crippen LogP contribution in [0, 0.1) is 11.8 Å². The Kier molecular flexibility index (Phi) is 4.55. The number of carbonyl (C=O) groups excluding carboxylic acids is 1. The van der Waals surface area contributed by atoms with Crippen LogP contribution < -0.4 is 0 Å². The molecule has 2 aliphatic rings. The van der Waals surface area contributed by atoms with Crippen molar-refractivity contribution in [1.29, 1.82) is 0 Å². The van der Waals surface area contributed by atoms with Crippen molar-refractivity contribution in [3.05, 3.63) is 12.2 Å². The third-order valence-electron chi connectivity index (χ3n) is 3.72. The van der Waals surface area contributed by atoms with Crippen LogP contribution in [0.3, 0.4) is 0 Å². The smallest absolute Gasteiger partial charge is 0.307 e. The van der Waals surface area contributed by atoms with Crippen molar-refractivity contribution < 1.29 is 24.5 Å². The number of nitrogens with zero attached hydrogens (tertiary/aromatic N) is 1. The number of carboxylic acid groups (broad SMARTS) is 1. The van der Waals surface area contributed by atoms with Gasteiger partial charge in [0, 0.05) is 13.1 Å². The molecule has 3 atom stereocenters. The van der Waals surface area contributed by atoms with Crippen molar-refractivity contribution in [3.63, 3.8) is 0 Å². The maximum Gasteiger partial charge on any atom is 0.307 e. The van der Waals surface area contributed by atoms with E-state index in [1.54, 1.807) is 4.90 Å². The molecule has 0 spiro atoms. The lowest BCUT2D eigenvalue weighted by Crippen LogP contribution is -2.50. The number of aliphatic hydroxyl groups excluding tert-OH is 1. The largest absolute Gasteiger partial charge is 0.481 e. The van der Waals surface area contributed by atoms with Gasteiger partial charge in [-0.05, 0) is 12.8 Å². The van der Waals surface area contributed by atoms with Gasteiger partial charge in [0.1, 0.15) is 0 Å². The van der Waals surface area contributed by atoms with E-state index in [0.29, 0.717) is 32.5 Å². The predicted octanol–water partition coefficient (Wildman–Crippen LogP) is -0.127. The fourth-order valence-electron chi connectivity index (χ4n) is 2.62. The van der Waals surface area contributed by atoms with E-state index in [2.05, 4.69) is 0 Å². The highest BCUT2D eigenvalue weighted by Crippen LogP contribution is 2.28. The van der Waals surface area contributed by atoms with Crippen LogP contribution in [-0.4, -0.2) is 59.4 Å². The number of aliphatic carboxylic acids is 1. The Morgan fingerprint density at radius 2 is 1.95 bits per heavy atom. The summed E-state index contributed by atoms with van der Waals surface area (Å²) in [6.07, 6.45) is 4.20. The highest BCUT2D eigenvalue weighted by molar-refractivity contribution is 5.85. The summed E-state index contributed by atoms with van der Waals surface area (Å²) >= 11 is 0. The molecule has 106 valence electrons. The molecule has 3 unspecified atom stereocenters.